The molecule has 4 heteroatoms. The van der Waals surface area contributed by atoms with Gasteiger partial charge >= 0.3 is 0 Å². The standard InChI is InChI=1S/C12H16N2O2/c1-8(7-15)14-12(16)9-2-3-10-5-13-6-11(10)4-9/h2-4,8,13,15H,5-7H2,1H3,(H,14,16). The molecule has 1 atom stereocenters. The highest BCUT2D eigenvalue weighted by Gasteiger charge is 2.14. The molecule has 1 aliphatic heterocycles. The third kappa shape index (κ3) is 2.23. The Kier molecular flexibility index (Phi) is 3.22. The van der Waals surface area contributed by atoms with E-state index in [1.165, 1.54) is 11.1 Å². The van der Waals surface area contributed by atoms with E-state index < -0.39 is 0 Å². The summed E-state index contributed by atoms with van der Waals surface area (Å²) in [4.78, 5) is 11.8. The van der Waals surface area contributed by atoms with E-state index in [0.29, 0.717) is 5.56 Å². The fraction of sp³-hybridized carbons (Fsp3) is 0.417. The summed E-state index contributed by atoms with van der Waals surface area (Å²) in [6.07, 6.45) is 0. The summed E-state index contributed by atoms with van der Waals surface area (Å²) >= 11 is 0. The first-order chi connectivity index (χ1) is 7.70. The third-order valence-corrected chi connectivity index (χ3v) is 2.75. The first-order valence-corrected chi connectivity index (χ1v) is 5.45. The summed E-state index contributed by atoms with van der Waals surface area (Å²) in [6, 6.07) is 5.51. The molecule has 1 amide bonds. The summed E-state index contributed by atoms with van der Waals surface area (Å²) < 4.78 is 0. The molecule has 1 heterocycles. The lowest BCUT2D eigenvalue weighted by Gasteiger charge is -2.11. The van der Waals surface area contributed by atoms with Crippen LogP contribution >= 0.6 is 0 Å². The molecular formula is C12H16N2O2. The van der Waals surface area contributed by atoms with Crippen LogP contribution < -0.4 is 10.6 Å². The van der Waals surface area contributed by atoms with Crippen molar-refractivity contribution in [3.63, 3.8) is 0 Å². The Morgan fingerprint density at radius 3 is 3.00 bits per heavy atom. The van der Waals surface area contributed by atoms with Crippen LogP contribution in [-0.2, 0) is 13.1 Å². The predicted molar refractivity (Wildman–Crippen MR) is 61.0 cm³/mol. The molecule has 4 nitrogen and oxygen atoms in total. The molecule has 1 unspecified atom stereocenters. The van der Waals surface area contributed by atoms with Crippen LogP contribution in [0.1, 0.15) is 28.4 Å². The topological polar surface area (TPSA) is 61.4 Å². The van der Waals surface area contributed by atoms with Gasteiger partial charge < -0.3 is 15.7 Å². The molecule has 1 aromatic rings. The number of rotatable bonds is 3. The van der Waals surface area contributed by atoms with Crippen molar-refractivity contribution < 1.29 is 9.90 Å². The lowest BCUT2D eigenvalue weighted by molar-refractivity contribution is 0.0922. The van der Waals surface area contributed by atoms with Gasteiger partial charge in [0.25, 0.3) is 5.91 Å². The van der Waals surface area contributed by atoms with Crippen LogP contribution in [0.25, 0.3) is 0 Å². The average molecular weight is 220 g/mol. The number of hydrogen-bond donors (Lipinski definition) is 3. The van der Waals surface area contributed by atoms with E-state index in [-0.39, 0.29) is 18.6 Å². The molecule has 16 heavy (non-hydrogen) atoms. The SMILES string of the molecule is CC(CO)NC(=O)c1ccc2c(c1)CNC2. The van der Waals surface area contributed by atoms with Gasteiger partial charge in [0, 0.05) is 24.7 Å². The molecule has 0 radical (unpaired) electrons. The number of carbonyl (C=O) groups excluding carboxylic acids is 1. The quantitative estimate of drug-likeness (QED) is 0.691. The zero-order chi connectivity index (χ0) is 11.5. The summed E-state index contributed by atoms with van der Waals surface area (Å²) in [5, 5.41) is 14.8. The molecule has 2 rings (SSSR count). The van der Waals surface area contributed by atoms with Crippen LogP contribution in [0.3, 0.4) is 0 Å². The first kappa shape index (κ1) is 11.1. The van der Waals surface area contributed by atoms with Crippen molar-refractivity contribution >= 4 is 5.91 Å². The second-order valence-corrected chi connectivity index (χ2v) is 4.14. The summed E-state index contributed by atoms with van der Waals surface area (Å²) in [6.45, 7) is 3.43. The van der Waals surface area contributed by atoms with E-state index in [1.54, 1.807) is 6.92 Å². The number of benzene rings is 1. The molecule has 0 aliphatic carbocycles. The first-order valence-electron chi connectivity index (χ1n) is 5.45. The number of nitrogens with one attached hydrogen (secondary N) is 2. The Hall–Kier alpha value is -1.39. The van der Waals surface area contributed by atoms with Crippen molar-refractivity contribution in [2.75, 3.05) is 6.61 Å². The molecule has 0 spiro atoms. The Morgan fingerprint density at radius 2 is 2.25 bits per heavy atom. The van der Waals surface area contributed by atoms with E-state index >= 15 is 0 Å². The van der Waals surface area contributed by atoms with Gasteiger partial charge in [-0.25, -0.2) is 0 Å². The lowest BCUT2D eigenvalue weighted by atomic mass is 10.1. The maximum Gasteiger partial charge on any atom is 0.251 e. The predicted octanol–water partition coefficient (Wildman–Crippen LogP) is 0.400. The number of aliphatic hydroxyl groups excluding tert-OH is 1. The average Bonchev–Trinajstić information content (AvgIpc) is 2.75. The second kappa shape index (κ2) is 4.63. The molecule has 0 saturated heterocycles. The summed E-state index contributed by atoms with van der Waals surface area (Å²) in [5.74, 6) is -0.128. The normalized spacial score (nSPS) is 15.6. The van der Waals surface area contributed by atoms with Gasteiger partial charge in [0.1, 0.15) is 0 Å². The van der Waals surface area contributed by atoms with Crippen molar-refractivity contribution in [1.29, 1.82) is 0 Å². The molecule has 0 bridgehead atoms. The number of amides is 1. The fourth-order valence-corrected chi connectivity index (χ4v) is 1.79. The molecule has 1 aromatic carbocycles. The van der Waals surface area contributed by atoms with Crippen LogP contribution in [0.2, 0.25) is 0 Å². The Balaban J connectivity index is 2.12. The van der Waals surface area contributed by atoms with Crippen LogP contribution in [-0.4, -0.2) is 23.7 Å². The van der Waals surface area contributed by atoms with Crippen molar-refractivity contribution in [2.24, 2.45) is 0 Å². The molecule has 0 fully saturated rings. The fourth-order valence-electron chi connectivity index (χ4n) is 1.79. The Morgan fingerprint density at radius 1 is 1.50 bits per heavy atom. The van der Waals surface area contributed by atoms with E-state index in [2.05, 4.69) is 10.6 Å². The highest BCUT2D eigenvalue weighted by Crippen LogP contribution is 2.16. The summed E-state index contributed by atoms with van der Waals surface area (Å²) in [5.41, 5.74) is 3.10. The third-order valence-electron chi connectivity index (χ3n) is 2.75. The Labute approximate surface area is 94.7 Å². The second-order valence-electron chi connectivity index (χ2n) is 4.14. The molecular weight excluding hydrogens is 204 g/mol. The number of hydrogen-bond acceptors (Lipinski definition) is 3. The molecule has 86 valence electrons. The van der Waals surface area contributed by atoms with Crippen LogP contribution in [0.15, 0.2) is 18.2 Å². The van der Waals surface area contributed by atoms with Crippen molar-refractivity contribution in [1.82, 2.24) is 10.6 Å². The van der Waals surface area contributed by atoms with Gasteiger partial charge in [-0.15, -0.1) is 0 Å². The highest BCUT2D eigenvalue weighted by molar-refractivity contribution is 5.94. The highest BCUT2D eigenvalue weighted by atomic mass is 16.3. The van der Waals surface area contributed by atoms with Crippen molar-refractivity contribution in [3.8, 4) is 0 Å². The molecule has 1 aliphatic rings. The lowest BCUT2D eigenvalue weighted by Crippen LogP contribution is -2.35. The van der Waals surface area contributed by atoms with Gasteiger partial charge in [-0.3, -0.25) is 4.79 Å². The number of fused-ring (bicyclic) bond motifs is 1. The largest absolute Gasteiger partial charge is 0.394 e. The number of carbonyl (C=O) groups is 1. The molecule has 0 saturated carbocycles. The van der Waals surface area contributed by atoms with Crippen LogP contribution in [0.4, 0.5) is 0 Å². The summed E-state index contributed by atoms with van der Waals surface area (Å²) in [7, 11) is 0. The van der Waals surface area contributed by atoms with Crippen LogP contribution in [0.5, 0.6) is 0 Å². The van der Waals surface area contributed by atoms with Gasteiger partial charge in [-0.2, -0.15) is 0 Å². The monoisotopic (exact) mass is 220 g/mol. The maximum absolute atomic E-state index is 11.8. The van der Waals surface area contributed by atoms with E-state index in [0.717, 1.165) is 13.1 Å². The van der Waals surface area contributed by atoms with Gasteiger partial charge in [0.05, 0.1) is 6.61 Å². The zero-order valence-corrected chi connectivity index (χ0v) is 9.29. The smallest absolute Gasteiger partial charge is 0.251 e. The molecule has 0 aromatic heterocycles. The minimum Gasteiger partial charge on any atom is -0.394 e. The minimum absolute atomic E-state index is 0.0434. The van der Waals surface area contributed by atoms with Gasteiger partial charge in [-0.1, -0.05) is 6.07 Å². The van der Waals surface area contributed by atoms with E-state index in [9.17, 15) is 4.79 Å². The van der Waals surface area contributed by atoms with Gasteiger partial charge in [0.15, 0.2) is 0 Å². The van der Waals surface area contributed by atoms with Crippen molar-refractivity contribution in [2.45, 2.75) is 26.1 Å². The van der Waals surface area contributed by atoms with Gasteiger partial charge in [0.2, 0.25) is 0 Å². The van der Waals surface area contributed by atoms with Gasteiger partial charge in [-0.05, 0) is 30.2 Å². The van der Waals surface area contributed by atoms with Crippen LogP contribution in [0, 0.1) is 0 Å². The number of aliphatic hydroxyl groups is 1. The van der Waals surface area contributed by atoms with E-state index in [1.807, 2.05) is 18.2 Å². The van der Waals surface area contributed by atoms with E-state index in [4.69, 9.17) is 5.11 Å². The van der Waals surface area contributed by atoms with Crippen molar-refractivity contribution in [3.05, 3.63) is 34.9 Å². The maximum atomic E-state index is 11.8. The zero-order valence-electron chi connectivity index (χ0n) is 9.29. The Bertz CT molecular complexity index is 404. The molecule has 3 N–H and O–H groups in total. The minimum atomic E-state index is -0.209.